The van der Waals surface area contributed by atoms with Gasteiger partial charge in [-0.3, -0.25) is 0 Å². The fraction of sp³-hybridized carbons (Fsp3) is 1.00. The summed E-state index contributed by atoms with van der Waals surface area (Å²) < 4.78 is 0. The molecule has 0 saturated heterocycles. The van der Waals surface area contributed by atoms with Gasteiger partial charge in [-0.25, -0.2) is 0 Å². The molecule has 0 amide bonds. The van der Waals surface area contributed by atoms with Crippen LogP contribution in [0, 0.1) is 0 Å². The average molecular weight is 77.9 g/mol. The molecule has 0 aliphatic heterocycles. The molecule has 3 heteroatoms. The Morgan fingerprint density at radius 3 is 1.40 bits per heavy atom. The zero-order chi connectivity index (χ0) is 2.71. The molecule has 0 unspecified atom stereocenters. The minimum absolute atomic E-state index is 0. The van der Waals surface area contributed by atoms with Gasteiger partial charge in [-0.05, 0) is 0 Å². The first kappa shape index (κ1) is 20.5. The first-order chi connectivity index (χ1) is 1.41. The summed E-state index contributed by atoms with van der Waals surface area (Å²) in [5, 5.41) is 0. The quantitative estimate of drug-likeness (QED) is 0.254. The van der Waals surface area contributed by atoms with E-state index in [1.807, 2.05) is 6.92 Å². The Morgan fingerprint density at radius 1 is 1.40 bits per heavy atom. The zero-order valence-electron chi connectivity index (χ0n) is 3.04. The van der Waals surface area contributed by atoms with Gasteiger partial charge in [0.2, 0.25) is 0 Å². The minimum atomic E-state index is 0. The van der Waals surface area contributed by atoms with Crippen molar-refractivity contribution in [2.24, 2.45) is 0 Å². The van der Waals surface area contributed by atoms with Gasteiger partial charge in [0.05, 0.1) is 0 Å². The maximum Gasteiger partial charge on any atom is -1.00 e. The third-order valence-electron chi connectivity index (χ3n) is 0. The van der Waals surface area contributed by atoms with E-state index in [9.17, 15) is 0 Å². The van der Waals surface area contributed by atoms with Crippen LogP contribution in [0.1, 0.15) is 6.92 Å². The van der Waals surface area contributed by atoms with Crippen molar-refractivity contribution < 1.29 is 9.41 Å². The molecule has 0 fully saturated rings. The Hall–Kier alpha value is -0.0751. The fourth-order valence-electron chi connectivity index (χ4n) is 0. The van der Waals surface area contributed by atoms with Crippen molar-refractivity contribution in [1.29, 1.82) is 0 Å². The van der Waals surface area contributed by atoms with Crippen molar-refractivity contribution in [1.82, 2.24) is 0 Å². The first-order valence-electron chi connectivity index (χ1n) is 1.12. The van der Waals surface area contributed by atoms with Gasteiger partial charge >= 0.3 is 21.1 Å². The number of rotatable bonds is 0. The summed E-state index contributed by atoms with van der Waals surface area (Å²) in [7, 11) is 4.85. The largest absolute Gasteiger partial charge is 1.00 e. The summed E-state index contributed by atoms with van der Waals surface area (Å²) in [6.45, 7) is 1.90. The molecule has 0 bridgehead atoms. The Balaban J connectivity index is -0.0000000200. The van der Waals surface area contributed by atoms with E-state index in [0.717, 1.165) is 6.32 Å². The normalized spacial score (nSPS) is 3.80. The van der Waals surface area contributed by atoms with Gasteiger partial charge in [0.15, 0.2) is 0 Å². The second kappa shape index (κ2) is 39.3. The van der Waals surface area contributed by atoms with Gasteiger partial charge in [0.25, 0.3) is 0 Å². The Labute approximate surface area is 31.7 Å². The molecule has 0 saturated carbocycles. The summed E-state index contributed by atoms with van der Waals surface area (Å²) in [5.74, 6) is 0. The second-order valence-electron chi connectivity index (χ2n) is 0.408. The molecule has 0 N–H and O–H groups in total. The Bertz CT molecular complexity index is 7.61. The predicted octanol–water partition coefficient (Wildman–Crippen LogP) is -5.40. The van der Waals surface area contributed by atoms with Crippen LogP contribution in [-0.2, 0) is 0 Å². The molecular formula is C2H5BF2. The molecule has 0 atom stereocenters. The smallest absolute Gasteiger partial charge is 1.00 e. The Morgan fingerprint density at radius 2 is 1.40 bits per heavy atom. The van der Waals surface area contributed by atoms with E-state index in [0.29, 0.717) is 0 Å². The topological polar surface area (TPSA) is 0 Å². The number of hydrogen-bond donors (Lipinski definition) is 0. The van der Waals surface area contributed by atoms with Gasteiger partial charge in [0, 0.05) is 0 Å². The van der Waals surface area contributed by atoms with Crippen LogP contribution in [0.25, 0.3) is 0 Å². The summed E-state index contributed by atoms with van der Waals surface area (Å²) in [4.78, 5) is 0. The van der Waals surface area contributed by atoms with E-state index in [-0.39, 0.29) is 9.41 Å². The molecule has 0 aromatic rings. The summed E-state index contributed by atoms with van der Waals surface area (Å²) in [6.07, 6.45) is 0.750. The zero-order valence-corrected chi connectivity index (χ0v) is 3.04. The van der Waals surface area contributed by atoms with E-state index in [1.165, 1.54) is 0 Å². The molecule has 0 heterocycles. The molecule has 0 aromatic heterocycles. The van der Waals surface area contributed by atoms with E-state index in [1.54, 1.807) is 0 Å². The van der Waals surface area contributed by atoms with Crippen molar-refractivity contribution in [3.63, 3.8) is 0 Å². The molecule has 0 aliphatic carbocycles. The molecule has 30 valence electrons. The van der Waals surface area contributed by atoms with E-state index in [4.69, 9.17) is 7.85 Å². The summed E-state index contributed by atoms with van der Waals surface area (Å²) >= 11 is 0. The second-order valence-corrected chi connectivity index (χ2v) is 0.408. The monoisotopic (exact) mass is 78.0 g/mol. The molecule has 0 aromatic carbocycles. The van der Waals surface area contributed by atoms with Crippen LogP contribution in [0.3, 0.4) is 0 Å². The number of hydrogen-bond acceptors (Lipinski definition) is 0. The molecule has 0 nitrogen and oxygen atoms in total. The van der Waals surface area contributed by atoms with Crippen LogP contribution >= 0.6 is 0 Å². The van der Waals surface area contributed by atoms with Gasteiger partial charge in [-0.15, -0.1) is 0 Å². The molecule has 0 radical (unpaired) electrons. The van der Waals surface area contributed by atoms with Crippen molar-refractivity contribution >= 4 is 7.85 Å². The Kier molecular flexibility index (Phi) is 161. The molecule has 0 aliphatic rings. The van der Waals surface area contributed by atoms with Crippen molar-refractivity contribution in [2.75, 3.05) is 0 Å². The van der Waals surface area contributed by atoms with Crippen LogP contribution < -0.4 is 9.41 Å². The maximum atomic E-state index is 4.85. The van der Waals surface area contributed by atoms with Crippen LogP contribution in [-0.4, -0.2) is 7.85 Å². The standard InChI is InChI=1S/C2H5B.2FH/c1-2-3;;/h2H2,1H3;2*1H/q+2;;/p-2. The van der Waals surface area contributed by atoms with Crippen molar-refractivity contribution in [3.8, 4) is 0 Å². The van der Waals surface area contributed by atoms with E-state index in [2.05, 4.69) is 0 Å². The van der Waals surface area contributed by atoms with Gasteiger partial charge < -0.3 is 9.41 Å². The summed E-state index contributed by atoms with van der Waals surface area (Å²) in [6, 6.07) is 0. The van der Waals surface area contributed by atoms with E-state index < -0.39 is 0 Å². The molecule has 5 heavy (non-hydrogen) atoms. The first-order valence-corrected chi connectivity index (χ1v) is 1.12. The fourth-order valence-corrected chi connectivity index (χ4v) is 0. The SMILES string of the molecule is [B+2]CC.[F-].[F-]. The van der Waals surface area contributed by atoms with Crippen molar-refractivity contribution in [3.05, 3.63) is 0 Å². The molecular weight excluding hydrogens is 72.8 g/mol. The summed E-state index contributed by atoms with van der Waals surface area (Å²) in [5.41, 5.74) is 0. The number of halogens is 2. The van der Waals surface area contributed by atoms with Crippen LogP contribution in [0.2, 0.25) is 6.32 Å². The van der Waals surface area contributed by atoms with Crippen LogP contribution in [0.5, 0.6) is 0 Å². The minimum Gasteiger partial charge on any atom is -1.00 e. The average Bonchev–Trinajstić information content (AvgIpc) is 0.918. The van der Waals surface area contributed by atoms with Gasteiger partial charge in [-0.1, -0.05) is 0 Å². The van der Waals surface area contributed by atoms with Crippen LogP contribution in [0.15, 0.2) is 0 Å². The molecule has 0 spiro atoms. The predicted molar refractivity (Wildman–Crippen MR) is 16.2 cm³/mol. The van der Waals surface area contributed by atoms with E-state index >= 15 is 0 Å². The molecule has 0 rings (SSSR count). The van der Waals surface area contributed by atoms with Gasteiger partial charge in [-0.2, -0.15) is 0 Å². The third kappa shape index (κ3) is 2580. The van der Waals surface area contributed by atoms with Gasteiger partial charge in [0.1, 0.15) is 0 Å². The van der Waals surface area contributed by atoms with Crippen LogP contribution in [0.4, 0.5) is 0 Å². The van der Waals surface area contributed by atoms with Crippen molar-refractivity contribution in [2.45, 2.75) is 13.2 Å². The third-order valence-corrected chi connectivity index (χ3v) is 0. The maximum absolute atomic E-state index is 4.85.